The molecule has 0 unspecified atom stereocenters. The van der Waals surface area contributed by atoms with Gasteiger partial charge in [-0.3, -0.25) is 4.57 Å². The molecule has 246 valence electrons. The highest BCUT2D eigenvalue weighted by molar-refractivity contribution is 7.80. The second kappa shape index (κ2) is 16.2. The summed E-state index contributed by atoms with van der Waals surface area (Å²) < 4.78 is 12.7. The molecule has 0 fully saturated rings. The Labute approximate surface area is 273 Å². The fraction of sp³-hybridized carbons (Fsp3) is 0.333. The SMILES string of the molecule is CNC(=S)n1c(-c2cc(OC)c(O)c(OC)c2)nc(-c2ccc(N(CCO)CCO)cc2)c1-c1ccc(N(CCO)CCO)cc1. The third-order valence-corrected chi connectivity index (χ3v) is 7.91. The molecule has 0 aliphatic rings. The van der Waals surface area contributed by atoms with Gasteiger partial charge in [-0.1, -0.05) is 24.3 Å². The van der Waals surface area contributed by atoms with Crippen LogP contribution in [0.4, 0.5) is 11.4 Å². The maximum absolute atomic E-state index is 10.6. The predicted octanol–water partition coefficient (Wildman–Crippen LogP) is 2.54. The zero-order valence-electron chi connectivity index (χ0n) is 26.2. The van der Waals surface area contributed by atoms with Crippen LogP contribution in [0.1, 0.15) is 0 Å². The molecule has 1 aromatic heterocycles. The quantitative estimate of drug-likeness (QED) is 0.105. The van der Waals surface area contributed by atoms with Crippen molar-refractivity contribution in [3.05, 3.63) is 60.7 Å². The van der Waals surface area contributed by atoms with E-state index in [0.29, 0.717) is 54.1 Å². The number of nitrogens with one attached hydrogen (secondary N) is 1. The maximum Gasteiger partial charge on any atom is 0.200 e. The normalized spacial score (nSPS) is 10.9. The first-order chi connectivity index (χ1) is 22.3. The lowest BCUT2D eigenvalue weighted by Gasteiger charge is -2.23. The van der Waals surface area contributed by atoms with E-state index in [4.69, 9.17) is 26.7 Å². The number of imidazole rings is 1. The number of hydrogen-bond donors (Lipinski definition) is 6. The van der Waals surface area contributed by atoms with Crippen molar-refractivity contribution < 1.29 is 35.0 Å². The van der Waals surface area contributed by atoms with Crippen LogP contribution in [0.25, 0.3) is 33.9 Å². The second-order valence-electron chi connectivity index (χ2n) is 10.2. The van der Waals surface area contributed by atoms with E-state index >= 15 is 0 Å². The van der Waals surface area contributed by atoms with Crippen LogP contribution in [0.3, 0.4) is 0 Å². The van der Waals surface area contributed by atoms with E-state index in [1.807, 2.05) is 62.9 Å². The Morgan fingerprint density at radius 1 is 0.739 bits per heavy atom. The molecule has 0 aliphatic carbocycles. The number of phenolic OH excluding ortho intramolecular Hbond substituents is 1. The van der Waals surface area contributed by atoms with Gasteiger partial charge in [0.05, 0.1) is 52.0 Å². The summed E-state index contributed by atoms with van der Waals surface area (Å²) >= 11 is 5.84. The number of ether oxygens (including phenoxy) is 2. The zero-order valence-corrected chi connectivity index (χ0v) is 27.0. The highest BCUT2D eigenvalue weighted by atomic mass is 32.1. The van der Waals surface area contributed by atoms with Crippen molar-refractivity contribution in [2.45, 2.75) is 0 Å². The van der Waals surface area contributed by atoms with Crippen LogP contribution in [0, 0.1) is 0 Å². The molecule has 4 aromatic rings. The van der Waals surface area contributed by atoms with Crippen LogP contribution in [-0.4, -0.2) is 114 Å². The Morgan fingerprint density at radius 2 is 1.17 bits per heavy atom. The molecule has 6 N–H and O–H groups in total. The Balaban J connectivity index is 1.97. The Bertz CT molecular complexity index is 1560. The summed E-state index contributed by atoms with van der Waals surface area (Å²) in [6.45, 7) is 1.29. The molecular formula is C33H41N5O7S. The largest absolute Gasteiger partial charge is 0.502 e. The van der Waals surface area contributed by atoms with Gasteiger partial charge in [0.15, 0.2) is 16.6 Å². The van der Waals surface area contributed by atoms with Crippen LogP contribution >= 0.6 is 12.2 Å². The molecular weight excluding hydrogens is 610 g/mol. The summed E-state index contributed by atoms with van der Waals surface area (Å²) in [5.74, 6) is 0.743. The first kappa shape index (κ1) is 34.5. The third-order valence-electron chi connectivity index (χ3n) is 7.52. The van der Waals surface area contributed by atoms with Crippen LogP contribution < -0.4 is 24.6 Å². The first-order valence-corrected chi connectivity index (χ1v) is 15.2. The molecule has 13 heteroatoms. The molecule has 4 rings (SSSR count). The Kier molecular flexibility index (Phi) is 12.2. The molecule has 12 nitrogen and oxygen atoms in total. The predicted molar refractivity (Wildman–Crippen MR) is 183 cm³/mol. The van der Waals surface area contributed by atoms with Crippen LogP contribution in [-0.2, 0) is 0 Å². The van der Waals surface area contributed by atoms with Crippen molar-refractivity contribution in [3.63, 3.8) is 0 Å². The number of thiocarbonyl (C=S) groups is 1. The van der Waals surface area contributed by atoms with E-state index < -0.39 is 0 Å². The van der Waals surface area contributed by atoms with E-state index in [0.717, 1.165) is 22.5 Å². The van der Waals surface area contributed by atoms with Crippen molar-refractivity contribution in [2.24, 2.45) is 0 Å². The molecule has 0 amide bonds. The molecule has 3 aromatic carbocycles. The number of aromatic hydroxyl groups is 1. The lowest BCUT2D eigenvalue weighted by molar-refractivity contribution is 0.280. The minimum atomic E-state index is -0.139. The fourth-order valence-electron chi connectivity index (χ4n) is 5.30. The van der Waals surface area contributed by atoms with Gasteiger partial charge < -0.3 is 50.1 Å². The topological polar surface area (TPSA) is 156 Å². The van der Waals surface area contributed by atoms with Gasteiger partial charge in [-0.25, -0.2) is 4.98 Å². The molecule has 1 heterocycles. The molecule has 0 radical (unpaired) electrons. The summed E-state index contributed by atoms with van der Waals surface area (Å²) in [6, 6.07) is 18.7. The number of aliphatic hydroxyl groups excluding tert-OH is 4. The second-order valence-corrected chi connectivity index (χ2v) is 10.6. The highest BCUT2D eigenvalue weighted by Gasteiger charge is 2.25. The van der Waals surface area contributed by atoms with Crippen molar-refractivity contribution in [1.29, 1.82) is 0 Å². The lowest BCUT2D eigenvalue weighted by atomic mass is 10.0. The zero-order chi connectivity index (χ0) is 33.2. The van der Waals surface area contributed by atoms with Gasteiger partial charge in [-0.15, -0.1) is 0 Å². The average molecular weight is 652 g/mol. The van der Waals surface area contributed by atoms with Crippen LogP contribution in [0.5, 0.6) is 17.2 Å². The summed E-state index contributed by atoms with van der Waals surface area (Å²) in [6.07, 6.45) is 0. The molecule has 0 atom stereocenters. The number of nitrogens with zero attached hydrogens (tertiary/aromatic N) is 4. The minimum Gasteiger partial charge on any atom is -0.502 e. The molecule has 0 bridgehead atoms. The van der Waals surface area contributed by atoms with E-state index in [1.165, 1.54) is 14.2 Å². The number of phenols is 1. The van der Waals surface area contributed by atoms with Gasteiger partial charge in [0.25, 0.3) is 0 Å². The van der Waals surface area contributed by atoms with Crippen molar-refractivity contribution >= 4 is 28.7 Å². The Morgan fingerprint density at radius 3 is 1.57 bits per heavy atom. The minimum absolute atomic E-state index is 0.0509. The summed E-state index contributed by atoms with van der Waals surface area (Å²) in [5, 5.41) is 52.2. The van der Waals surface area contributed by atoms with Gasteiger partial charge in [0.1, 0.15) is 5.82 Å². The number of aromatic nitrogens is 2. The van der Waals surface area contributed by atoms with Crippen LogP contribution in [0.2, 0.25) is 0 Å². The average Bonchev–Trinajstić information content (AvgIpc) is 3.49. The third kappa shape index (κ3) is 7.35. The van der Waals surface area contributed by atoms with E-state index in [2.05, 4.69) is 5.32 Å². The van der Waals surface area contributed by atoms with Gasteiger partial charge >= 0.3 is 0 Å². The van der Waals surface area contributed by atoms with Gasteiger partial charge in [0.2, 0.25) is 5.75 Å². The highest BCUT2D eigenvalue weighted by Crippen LogP contribution is 2.43. The lowest BCUT2D eigenvalue weighted by Crippen LogP contribution is -2.29. The Hall–Kier alpha value is -4.40. The number of benzene rings is 3. The number of hydrogen-bond acceptors (Lipinski definition) is 11. The van der Waals surface area contributed by atoms with E-state index in [-0.39, 0.29) is 43.7 Å². The maximum atomic E-state index is 10.6. The number of methoxy groups -OCH3 is 2. The number of anilines is 2. The van der Waals surface area contributed by atoms with E-state index in [9.17, 15) is 25.5 Å². The van der Waals surface area contributed by atoms with Crippen molar-refractivity contribution in [3.8, 4) is 51.2 Å². The molecule has 0 saturated heterocycles. The monoisotopic (exact) mass is 651 g/mol. The number of rotatable bonds is 15. The summed E-state index contributed by atoms with van der Waals surface area (Å²) in [7, 11) is 4.64. The molecule has 0 aliphatic heterocycles. The van der Waals surface area contributed by atoms with Gasteiger partial charge in [-0.2, -0.15) is 0 Å². The van der Waals surface area contributed by atoms with E-state index in [1.54, 1.807) is 19.2 Å². The van der Waals surface area contributed by atoms with Crippen molar-refractivity contribution in [2.75, 3.05) is 83.7 Å². The van der Waals surface area contributed by atoms with Gasteiger partial charge in [0, 0.05) is 61.3 Å². The molecule has 0 spiro atoms. The summed E-state index contributed by atoms with van der Waals surface area (Å²) in [5.41, 5.74) is 5.15. The van der Waals surface area contributed by atoms with Crippen LogP contribution in [0.15, 0.2) is 60.7 Å². The first-order valence-electron chi connectivity index (χ1n) is 14.8. The summed E-state index contributed by atoms with van der Waals surface area (Å²) in [4.78, 5) is 8.90. The van der Waals surface area contributed by atoms with Crippen molar-refractivity contribution in [1.82, 2.24) is 14.9 Å². The number of aliphatic hydroxyl groups is 4. The molecule has 0 saturated carbocycles. The fourth-order valence-corrected chi connectivity index (χ4v) is 5.47. The standard InChI is InChI=1S/C33H41N5O7S/c1-34-33(46)38-30(23-6-10-26(11-7-23)37(14-18-41)15-19-42)29(22-4-8-25(9-5-22)36(12-16-39)13-17-40)35-32(38)24-20-27(44-2)31(43)28(21-24)45-3/h4-11,20-21,39-43H,12-19H2,1-3H3,(H,34,46). The molecule has 46 heavy (non-hydrogen) atoms. The van der Waals surface area contributed by atoms with Gasteiger partial charge in [-0.05, 0) is 48.6 Å². The smallest absolute Gasteiger partial charge is 0.200 e.